The average molecular weight is 189 g/mol. The van der Waals surface area contributed by atoms with E-state index >= 15 is 0 Å². The van der Waals surface area contributed by atoms with Crippen molar-refractivity contribution in [2.45, 2.75) is 26.7 Å². The number of allylic oxidation sites excluding steroid dienone is 1. The van der Waals surface area contributed by atoms with Crippen LogP contribution in [0.2, 0.25) is 0 Å². The molecule has 1 heteroatoms. The van der Waals surface area contributed by atoms with E-state index in [9.17, 15) is 0 Å². The van der Waals surface area contributed by atoms with Crippen LogP contribution < -0.4 is 0 Å². The molecule has 14 heavy (non-hydrogen) atoms. The average Bonchev–Trinajstić information content (AvgIpc) is 2.21. The van der Waals surface area contributed by atoms with Crippen molar-refractivity contribution in [2.24, 2.45) is 0 Å². The van der Waals surface area contributed by atoms with Gasteiger partial charge < -0.3 is 0 Å². The fraction of sp³-hybridized carbons (Fsp3) is 0.308. The summed E-state index contributed by atoms with van der Waals surface area (Å²) in [6.45, 7) is 16.1. The second kappa shape index (κ2) is 6.14. The van der Waals surface area contributed by atoms with Crippen LogP contribution in [0, 0.1) is 0 Å². The summed E-state index contributed by atoms with van der Waals surface area (Å²) < 4.78 is 0. The minimum Gasteiger partial charge on any atom is -0.256 e. The van der Waals surface area contributed by atoms with Crippen LogP contribution in [0.3, 0.4) is 0 Å². The lowest BCUT2D eigenvalue weighted by molar-refractivity contribution is 0.857. The van der Waals surface area contributed by atoms with E-state index in [1.807, 2.05) is 19.2 Å². The van der Waals surface area contributed by atoms with Gasteiger partial charge in [0.1, 0.15) is 0 Å². The zero-order valence-corrected chi connectivity index (χ0v) is 9.38. The van der Waals surface area contributed by atoms with Crippen molar-refractivity contribution in [3.63, 3.8) is 0 Å². The van der Waals surface area contributed by atoms with Crippen LogP contribution in [0.25, 0.3) is 5.57 Å². The van der Waals surface area contributed by atoms with E-state index in [0.717, 1.165) is 11.3 Å². The van der Waals surface area contributed by atoms with Crippen LogP contribution in [-0.4, -0.2) is 4.98 Å². The van der Waals surface area contributed by atoms with E-state index in [1.54, 1.807) is 0 Å². The maximum atomic E-state index is 4.30. The Bertz CT molecular complexity index is 283. The van der Waals surface area contributed by atoms with Crippen molar-refractivity contribution in [2.75, 3.05) is 0 Å². The van der Waals surface area contributed by atoms with Crippen molar-refractivity contribution in [1.82, 2.24) is 4.98 Å². The highest BCUT2D eigenvalue weighted by Crippen LogP contribution is 2.15. The summed E-state index contributed by atoms with van der Waals surface area (Å²) in [6, 6.07) is 4.14. The van der Waals surface area contributed by atoms with Gasteiger partial charge >= 0.3 is 0 Å². The normalized spacial score (nSPS) is 9.14. The van der Waals surface area contributed by atoms with E-state index in [0.29, 0.717) is 5.92 Å². The van der Waals surface area contributed by atoms with Gasteiger partial charge in [0.05, 0.1) is 5.69 Å². The summed E-state index contributed by atoms with van der Waals surface area (Å²) >= 11 is 0. The van der Waals surface area contributed by atoms with Gasteiger partial charge in [0.15, 0.2) is 0 Å². The van der Waals surface area contributed by atoms with Crippen LogP contribution in [0.4, 0.5) is 0 Å². The molecule has 0 aliphatic carbocycles. The van der Waals surface area contributed by atoms with Crippen molar-refractivity contribution in [3.8, 4) is 0 Å². The lowest BCUT2D eigenvalue weighted by Gasteiger charge is -2.05. The Kier molecular flexibility index (Phi) is 5.54. The Morgan fingerprint density at radius 3 is 2.14 bits per heavy atom. The van der Waals surface area contributed by atoms with Crippen LogP contribution in [0.1, 0.15) is 37.9 Å². The van der Waals surface area contributed by atoms with Gasteiger partial charge in [0.25, 0.3) is 0 Å². The first-order valence-corrected chi connectivity index (χ1v) is 4.73. The molecule has 1 aromatic heterocycles. The number of nitrogens with zero attached hydrogens (tertiary/aromatic N) is 1. The highest BCUT2D eigenvalue weighted by Gasteiger charge is 1.99. The summed E-state index contributed by atoms with van der Waals surface area (Å²) in [5, 5.41) is 0. The molecule has 0 saturated carbocycles. The Labute approximate surface area is 87.2 Å². The fourth-order valence-electron chi connectivity index (χ4n) is 0.999. The summed E-state index contributed by atoms with van der Waals surface area (Å²) in [7, 11) is 0. The van der Waals surface area contributed by atoms with Gasteiger partial charge in [0, 0.05) is 6.20 Å². The molecule has 0 aromatic carbocycles. The maximum Gasteiger partial charge on any atom is 0.0653 e. The van der Waals surface area contributed by atoms with Gasteiger partial charge in [-0.25, -0.2) is 0 Å². The predicted octanol–water partition coefficient (Wildman–Crippen LogP) is 4.04. The highest BCUT2D eigenvalue weighted by molar-refractivity contribution is 5.57. The molecule has 0 radical (unpaired) electrons. The standard InChI is InChI=1S/C11H15N.C2H4/c1-8(2)10-5-6-11(9(3)4)12-7-10;1-2/h5-8H,3H2,1-2,4H3;1-2H2. The number of pyridine rings is 1. The Morgan fingerprint density at radius 1 is 1.29 bits per heavy atom. The van der Waals surface area contributed by atoms with E-state index in [-0.39, 0.29) is 0 Å². The molecule has 0 fully saturated rings. The Hall–Kier alpha value is -1.37. The number of hydrogen-bond donors (Lipinski definition) is 0. The Morgan fingerprint density at radius 2 is 1.86 bits per heavy atom. The minimum absolute atomic E-state index is 0.552. The molecule has 0 unspecified atom stereocenters. The molecular formula is C13H19N. The smallest absolute Gasteiger partial charge is 0.0653 e. The lowest BCUT2D eigenvalue weighted by atomic mass is 10.1. The molecule has 0 bridgehead atoms. The van der Waals surface area contributed by atoms with E-state index < -0.39 is 0 Å². The third-order valence-corrected chi connectivity index (χ3v) is 1.89. The first kappa shape index (κ1) is 12.6. The maximum absolute atomic E-state index is 4.30. The molecule has 1 aromatic rings. The predicted molar refractivity (Wildman–Crippen MR) is 64.3 cm³/mol. The summed E-state index contributed by atoms with van der Waals surface area (Å²) in [5.41, 5.74) is 3.28. The third-order valence-electron chi connectivity index (χ3n) is 1.89. The number of aromatic nitrogens is 1. The molecule has 76 valence electrons. The number of hydrogen-bond acceptors (Lipinski definition) is 1. The van der Waals surface area contributed by atoms with E-state index in [1.165, 1.54) is 5.56 Å². The molecule has 1 rings (SSSR count). The van der Waals surface area contributed by atoms with Crippen LogP contribution in [0.15, 0.2) is 38.1 Å². The Balaban J connectivity index is 0.000000791. The van der Waals surface area contributed by atoms with Crippen LogP contribution >= 0.6 is 0 Å². The molecule has 0 saturated heterocycles. The summed E-state index contributed by atoms with van der Waals surface area (Å²) in [6.07, 6.45) is 1.93. The lowest BCUT2D eigenvalue weighted by Crippen LogP contribution is -1.90. The van der Waals surface area contributed by atoms with Gasteiger partial charge in [-0.3, -0.25) is 4.98 Å². The van der Waals surface area contributed by atoms with Gasteiger partial charge in [0.2, 0.25) is 0 Å². The molecule has 0 aliphatic heterocycles. The van der Waals surface area contributed by atoms with Crippen LogP contribution in [0.5, 0.6) is 0 Å². The van der Waals surface area contributed by atoms with Gasteiger partial charge in [-0.05, 0) is 30.0 Å². The second-order valence-electron chi connectivity index (χ2n) is 3.41. The fourth-order valence-corrected chi connectivity index (χ4v) is 0.999. The van der Waals surface area contributed by atoms with E-state index in [4.69, 9.17) is 0 Å². The summed E-state index contributed by atoms with van der Waals surface area (Å²) in [5.74, 6) is 0.552. The van der Waals surface area contributed by atoms with Crippen molar-refractivity contribution in [3.05, 3.63) is 49.3 Å². The molecule has 0 amide bonds. The van der Waals surface area contributed by atoms with Crippen molar-refractivity contribution < 1.29 is 0 Å². The zero-order valence-electron chi connectivity index (χ0n) is 9.38. The molecule has 0 spiro atoms. The molecule has 1 heterocycles. The topological polar surface area (TPSA) is 12.9 Å². The molecule has 0 aliphatic rings. The minimum atomic E-state index is 0.552. The highest BCUT2D eigenvalue weighted by atomic mass is 14.7. The molecular weight excluding hydrogens is 170 g/mol. The SMILES string of the molecule is C=C.C=C(C)c1ccc(C(C)C)cn1. The first-order chi connectivity index (χ1) is 6.61. The largest absolute Gasteiger partial charge is 0.256 e. The van der Waals surface area contributed by atoms with Gasteiger partial charge in [-0.2, -0.15) is 0 Å². The monoisotopic (exact) mass is 189 g/mol. The molecule has 0 N–H and O–H groups in total. The van der Waals surface area contributed by atoms with Crippen LogP contribution in [-0.2, 0) is 0 Å². The van der Waals surface area contributed by atoms with Crippen molar-refractivity contribution >= 4 is 5.57 Å². The summed E-state index contributed by atoms with van der Waals surface area (Å²) in [4.78, 5) is 4.30. The van der Waals surface area contributed by atoms with Gasteiger partial charge in [-0.15, -0.1) is 13.2 Å². The third kappa shape index (κ3) is 3.56. The second-order valence-corrected chi connectivity index (χ2v) is 3.41. The quantitative estimate of drug-likeness (QED) is 0.640. The van der Waals surface area contributed by atoms with E-state index in [2.05, 4.69) is 44.6 Å². The van der Waals surface area contributed by atoms with Crippen molar-refractivity contribution in [1.29, 1.82) is 0 Å². The number of rotatable bonds is 2. The molecule has 1 nitrogen and oxygen atoms in total. The first-order valence-electron chi connectivity index (χ1n) is 4.73. The van der Waals surface area contributed by atoms with Gasteiger partial charge in [-0.1, -0.05) is 26.5 Å². The zero-order chi connectivity index (χ0) is 11.1. The molecule has 0 atom stereocenters.